The minimum atomic E-state index is 0.115. The highest BCUT2D eigenvalue weighted by molar-refractivity contribution is 7.71. The minimum Gasteiger partial charge on any atom is -0.337 e. The molecule has 3 heteroatoms. The van der Waals surface area contributed by atoms with Crippen molar-refractivity contribution < 1.29 is 0 Å². The summed E-state index contributed by atoms with van der Waals surface area (Å²) in [5.41, 5.74) is 2.79. The van der Waals surface area contributed by atoms with E-state index in [9.17, 15) is 0 Å². The maximum absolute atomic E-state index is 5.42. The Bertz CT molecular complexity index is 602. The highest BCUT2D eigenvalue weighted by atomic mass is 32.1. The summed E-state index contributed by atoms with van der Waals surface area (Å²) in [5, 5.41) is 0. The molecule has 20 heavy (non-hydrogen) atoms. The Labute approximate surface area is 126 Å². The molecule has 0 amide bonds. The summed E-state index contributed by atoms with van der Waals surface area (Å²) in [6.07, 6.45) is 3.15. The third-order valence-corrected chi connectivity index (χ3v) is 4.13. The normalized spacial score (nSPS) is 13.4. The SMILES string of the molecule is CC(CCn1c(C(C)(C)C)c[nH]c1=S)c1ccccc1. The highest BCUT2D eigenvalue weighted by Gasteiger charge is 2.19. The van der Waals surface area contributed by atoms with E-state index in [1.54, 1.807) is 0 Å². The highest BCUT2D eigenvalue weighted by Crippen LogP contribution is 2.25. The molecule has 0 aliphatic rings. The van der Waals surface area contributed by atoms with E-state index >= 15 is 0 Å². The van der Waals surface area contributed by atoms with Crippen LogP contribution < -0.4 is 0 Å². The van der Waals surface area contributed by atoms with Crippen molar-refractivity contribution in [3.63, 3.8) is 0 Å². The molecule has 0 saturated carbocycles. The first-order valence-electron chi connectivity index (χ1n) is 7.23. The van der Waals surface area contributed by atoms with Gasteiger partial charge in [-0.05, 0) is 30.1 Å². The molecule has 0 spiro atoms. The molecule has 1 heterocycles. The lowest BCUT2D eigenvalue weighted by Crippen LogP contribution is -2.18. The van der Waals surface area contributed by atoms with Crippen LogP contribution in [-0.2, 0) is 12.0 Å². The predicted molar refractivity (Wildman–Crippen MR) is 87.8 cm³/mol. The average molecular weight is 288 g/mol. The number of H-pyrrole nitrogens is 1. The zero-order valence-electron chi connectivity index (χ0n) is 12.8. The molecule has 0 aliphatic carbocycles. The van der Waals surface area contributed by atoms with Crippen molar-refractivity contribution in [2.24, 2.45) is 0 Å². The molecule has 2 nitrogen and oxygen atoms in total. The molecular weight excluding hydrogens is 264 g/mol. The molecule has 1 aromatic carbocycles. The molecule has 2 aromatic rings. The standard InChI is InChI=1S/C17H24N2S/c1-13(14-8-6-5-7-9-14)10-11-19-15(17(2,3)4)12-18-16(19)20/h5-9,12-13H,10-11H2,1-4H3,(H,18,20). The zero-order chi connectivity index (χ0) is 14.8. The van der Waals surface area contributed by atoms with Gasteiger partial charge in [-0.25, -0.2) is 0 Å². The monoisotopic (exact) mass is 288 g/mol. The largest absolute Gasteiger partial charge is 0.337 e. The van der Waals surface area contributed by atoms with E-state index in [-0.39, 0.29) is 5.41 Å². The van der Waals surface area contributed by atoms with Gasteiger partial charge in [0.15, 0.2) is 4.77 Å². The van der Waals surface area contributed by atoms with E-state index in [0.29, 0.717) is 5.92 Å². The molecule has 0 radical (unpaired) electrons. The van der Waals surface area contributed by atoms with E-state index in [0.717, 1.165) is 17.7 Å². The van der Waals surface area contributed by atoms with Gasteiger partial charge in [-0.2, -0.15) is 0 Å². The van der Waals surface area contributed by atoms with E-state index in [1.165, 1.54) is 11.3 Å². The van der Waals surface area contributed by atoms with Gasteiger partial charge in [0.25, 0.3) is 0 Å². The van der Waals surface area contributed by atoms with Crippen LogP contribution in [0.25, 0.3) is 0 Å². The van der Waals surface area contributed by atoms with Crippen LogP contribution in [0.4, 0.5) is 0 Å². The number of benzene rings is 1. The number of aromatic amines is 1. The molecule has 2 rings (SSSR count). The van der Waals surface area contributed by atoms with Crippen LogP contribution in [0.3, 0.4) is 0 Å². The lowest BCUT2D eigenvalue weighted by molar-refractivity contribution is 0.489. The van der Waals surface area contributed by atoms with Gasteiger partial charge >= 0.3 is 0 Å². The summed E-state index contributed by atoms with van der Waals surface area (Å²) in [7, 11) is 0. The van der Waals surface area contributed by atoms with Crippen LogP contribution >= 0.6 is 12.2 Å². The fraction of sp³-hybridized carbons (Fsp3) is 0.471. The number of hydrogen-bond acceptors (Lipinski definition) is 1. The fourth-order valence-corrected chi connectivity index (χ4v) is 2.76. The Morgan fingerprint density at radius 3 is 2.45 bits per heavy atom. The van der Waals surface area contributed by atoms with Crippen LogP contribution in [0.1, 0.15) is 51.3 Å². The molecule has 1 atom stereocenters. The van der Waals surface area contributed by atoms with Gasteiger partial charge in [0, 0.05) is 23.9 Å². The van der Waals surface area contributed by atoms with Gasteiger partial charge in [-0.1, -0.05) is 58.0 Å². The second kappa shape index (κ2) is 5.96. The van der Waals surface area contributed by atoms with Gasteiger partial charge in [0.2, 0.25) is 0 Å². The molecule has 0 bridgehead atoms. The Hall–Kier alpha value is -1.35. The van der Waals surface area contributed by atoms with Crippen molar-refractivity contribution in [2.45, 2.75) is 52.0 Å². The van der Waals surface area contributed by atoms with Crippen molar-refractivity contribution in [1.82, 2.24) is 9.55 Å². The number of rotatable bonds is 4. The third kappa shape index (κ3) is 3.40. The lowest BCUT2D eigenvalue weighted by atomic mass is 9.92. The molecule has 0 aliphatic heterocycles. The van der Waals surface area contributed by atoms with Crippen LogP contribution in [0.2, 0.25) is 0 Å². The van der Waals surface area contributed by atoms with Gasteiger partial charge in [0.1, 0.15) is 0 Å². The van der Waals surface area contributed by atoms with Crippen molar-refractivity contribution in [2.75, 3.05) is 0 Å². The van der Waals surface area contributed by atoms with Crippen molar-refractivity contribution >= 4 is 12.2 Å². The van der Waals surface area contributed by atoms with Gasteiger partial charge in [-0.15, -0.1) is 0 Å². The first-order chi connectivity index (χ1) is 9.39. The van der Waals surface area contributed by atoms with E-state index in [2.05, 4.69) is 73.8 Å². The molecule has 0 fully saturated rings. The summed E-state index contributed by atoms with van der Waals surface area (Å²) in [5.74, 6) is 0.542. The second-order valence-electron chi connectivity index (χ2n) is 6.48. The first kappa shape index (κ1) is 15.0. The van der Waals surface area contributed by atoms with E-state index < -0.39 is 0 Å². The summed E-state index contributed by atoms with van der Waals surface area (Å²) >= 11 is 5.42. The second-order valence-corrected chi connectivity index (χ2v) is 6.87. The minimum absolute atomic E-state index is 0.115. The molecule has 1 aromatic heterocycles. The average Bonchev–Trinajstić information content (AvgIpc) is 2.78. The quantitative estimate of drug-likeness (QED) is 0.782. The smallest absolute Gasteiger partial charge is 0.177 e. The van der Waals surface area contributed by atoms with E-state index in [4.69, 9.17) is 12.2 Å². The Morgan fingerprint density at radius 2 is 1.85 bits per heavy atom. The molecule has 1 unspecified atom stereocenters. The van der Waals surface area contributed by atoms with Crippen molar-refractivity contribution in [3.05, 3.63) is 52.6 Å². The summed E-state index contributed by atoms with van der Waals surface area (Å²) < 4.78 is 3.07. The topological polar surface area (TPSA) is 20.7 Å². The van der Waals surface area contributed by atoms with Crippen molar-refractivity contribution in [1.29, 1.82) is 0 Å². The van der Waals surface area contributed by atoms with Gasteiger partial charge in [-0.3, -0.25) is 0 Å². The maximum Gasteiger partial charge on any atom is 0.177 e. The number of aromatic nitrogens is 2. The molecule has 108 valence electrons. The molecule has 1 N–H and O–H groups in total. The predicted octanol–water partition coefficient (Wildman–Crippen LogP) is 5.04. The number of hydrogen-bond donors (Lipinski definition) is 1. The van der Waals surface area contributed by atoms with Crippen molar-refractivity contribution in [3.8, 4) is 0 Å². The Morgan fingerprint density at radius 1 is 1.20 bits per heavy atom. The Kier molecular flexibility index (Phi) is 4.48. The zero-order valence-corrected chi connectivity index (χ0v) is 13.6. The summed E-state index contributed by atoms with van der Waals surface area (Å²) in [6, 6.07) is 10.7. The molecule has 0 saturated heterocycles. The fourth-order valence-electron chi connectivity index (χ4n) is 2.51. The number of nitrogens with zero attached hydrogens (tertiary/aromatic N) is 1. The van der Waals surface area contributed by atoms with Crippen LogP contribution in [0.5, 0.6) is 0 Å². The number of nitrogens with one attached hydrogen (secondary N) is 1. The first-order valence-corrected chi connectivity index (χ1v) is 7.64. The lowest BCUT2D eigenvalue weighted by Gasteiger charge is -2.21. The van der Waals surface area contributed by atoms with Crippen LogP contribution in [0, 0.1) is 4.77 Å². The number of imidazole rings is 1. The van der Waals surface area contributed by atoms with E-state index in [1.807, 2.05) is 0 Å². The van der Waals surface area contributed by atoms with Gasteiger partial charge in [0.05, 0.1) is 0 Å². The maximum atomic E-state index is 5.42. The Balaban J connectivity index is 2.12. The molecular formula is C17H24N2S. The van der Waals surface area contributed by atoms with Crippen LogP contribution in [0.15, 0.2) is 36.5 Å². The summed E-state index contributed by atoms with van der Waals surface area (Å²) in [6.45, 7) is 9.92. The van der Waals surface area contributed by atoms with Gasteiger partial charge < -0.3 is 9.55 Å². The third-order valence-electron chi connectivity index (χ3n) is 3.79. The van der Waals surface area contributed by atoms with Crippen LogP contribution in [-0.4, -0.2) is 9.55 Å². The summed E-state index contributed by atoms with van der Waals surface area (Å²) in [4.78, 5) is 3.19.